The van der Waals surface area contributed by atoms with Gasteiger partial charge in [-0.15, -0.1) is 0 Å². The van der Waals surface area contributed by atoms with Crippen LogP contribution in [0, 0.1) is 0 Å². The summed E-state index contributed by atoms with van der Waals surface area (Å²) in [6.45, 7) is 2.94. The second kappa shape index (κ2) is 6.27. The predicted octanol–water partition coefficient (Wildman–Crippen LogP) is 2.71. The number of nitrogens with zero attached hydrogens (tertiary/aromatic N) is 4. The van der Waals surface area contributed by atoms with Gasteiger partial charge in [-0.3, -0.25) is 4.90 Å². The maximum Gasteiger partial charge on any atom is 0.258 e. The van der Waals surface area contributed by atoms with Gasteiger partial charge in [-0.05, 0) is 23.6 Å². The highest BCUT2D eigenvalue weighted by molar-refractivity contribution is 7.08. The molecule has 0 N–H and O–H groups in total. The van der Waals surface area contributed by atoms with E-state index in [0.29, 0.717) is 24.9 Å². The molecule has 23 heavy (non-hydrogen) atoms. The van der Waals surface area contributed by atoms with Crippen molar-refractivity contribution in [2.75, 3.05) is 19.8 Å². The lowest BCUT2D eigenvalue weighted by atomic mass is 10.1. The lowest BCUT2D eigenvalue weighted by molar-refractivity contribution is -0.0165. The lowest BCUT2D eigenvalue weighted by Gasteiger charge is -2.35. The van der Waals surface area contributed by atoms with Crippen molar-refractivity contribution in [3.05, 3.63) is 46.7 Å². The van der Waals surface area contributed by atoms with Crippen LogP contribution < -0.4 is 0 Å². The first kappa shape index (κ1) is 14.6. The van der Waals surface area contributed by atoms with Crippen LogP contribution in [0.2, 0.25) is 0 Å². The molecule has 1 aliphatic heterocycles. The van der Waals surface area contributed by atoms with Gasteiger partial charge in [0, 0.05) is 30.9 Å². The summed E-state index contributed by atoms with van der Waals surface area (Å²) < 4.78 is 13.2. The molecule has 0 bridgehead atoms. The van der Waals surface area contributed by atoms with Gasteiger partial charge in [-0.25, -0.2) is 0 Å². The number of ether oxygens (including phenoxy) is 1. The predicted molar refractivity (Wildman–Crippen MR) is 87.0 cm³/mol. The number of rotatable bonds is 4. The standard InChI is InChI=1S/C16H18N4O2S/c1-19-5-2-3-13(19)14-10-21-7-6-20(14)9-15-17-16(22-18-15)12-4-8-23-11-12/h2-5,8,11,14H,6-7,9-10H2,1H3. The minimum atomic E-state index is 0.215. The minimum absolute atomic E-state index is 0.215. The highest BCUT2D eigenvalue weighted by atomic mass is 32.1. The molecule has 1 fully saturated rings. The van der Waals surface area contributed by atoms with E-state index in [1.54, 1.807) is 11.3 Å². The zero-order valence-corrected chi connectivity index (χ0v) is 13.7. The third-order valence-electron chi connectivity index (χ3n) is 4.15. The lowest BCUT2D eigenvalue weighted by Crippen LogP contribution is -2.40. The largest absolute Gasteiger partial charge is 0.378 e. The van der Waals surface area contributed by atoms with Gasteiger partial charge in [-0.2, -0.15) is 16.3 Å². The summed E-state index contributed by atoms with van der Waals surface area (Å²) in [7, 11) is 2.06. The van der Waals surface area contributed by atoms with Crippen molar-refractivity contribution in [2.45, 2.75) is 12.6 Å². The number of thiophene rings is 1. The molecule has 1 aliphatic rings. The van der Waals surface area contributed by atoms with Crippen LogP contribution in [0.25, 0.3) is 11.5 Å². The molecule has 0 saturated carbocycles. The van der Waals surface area contributed by atoms with Crippen LogP contribution in [0.15, 0.2) is 39.7 Å². The van der Waals surface area contributed by atoms with Crippen molar-refractivity contribution < 1.29 is 9.26 Å². The third kappa shape index (κ3) is 2.95. The van der Waals surface area contributed by atoms with Crippen LogP contribution in [0.3, 0.4) is 0 Å². The van der Waals surface area contributed by atoms with E-state index in [9.17, 15) is 0 Å². The van der Waals surface area contributed by atoms with Crippen molar-refractivity contribution in [3.8, 4) is 11.5 Å². The molecular weight excluding hydrogens is 312 g/mol. The molecule has 1 saturated heterocycles. The Hall–Kier alpha value is -1.96. The molecule has 7 heteroatoms. The molecule has 1 atom stereocenters. The Labute approximate surface area is 138 Å². The fraction of sp³-hybridized carbons (Fsp3) is 0.375. The van der Waals surface area contributed by atoms with Gasteiger partial charge in [-0.1, -0.05) is 5.16 Å². The van der Waals surface area contributed by atoms with Gasteiger partial charge < -0.3 is 13.8 Å². The molecule has 4 rings (SSSR count). The van der Waals surface area contributed by atoms with Gasteiger partial charge in [0.2, 0.25) is 0 Å². The second-order valence-electron chi connectivity index (χ2n) is 5.63. The van der Waals surface area contributed by atoms with Crippen molar-refractivity contribution in [3.63, 3.8) is 0 Å². The van der Waals surface area contributed by atoms with Crippen molar-refractivity contribution >= 4 is 11.3 Å². The Bertz CT molecular complexity index is 765. The summed E-state index contributed by atoms with van der Waals surface area (Å²) >= 11 is 1.62. The summed E-state index contributed by atoms with van der Waals surface area (Å²) in [6.07, 6.45) is 2.06. The van der Waals surface area contributed by atoms with E-state index in [0.717, 1.165) is 18.7 Å². The van der Waals surface area contributed by atoms with Crippen LogP contribution in [0.5, 0.6) is 0 Å². The Morgan fingerprint density at radius 2 is 2.35 bits per heavy atom. The smallest absolute Gasteiger partial charge is 0.258 e. The van der Waals surface area contributed by atoms with Gasteiger partial charge in [0.05, 0.1) is 31.4 Å². The van der Waals surface area contributed by atoms with Gasteiger partial charge >= 0.3 is 0 Å². The zero-order valence-electron chi connectivity index (χ0n) is 12.9. The average molecular weight is 330 g/mol. The molecule has 6 nitrogen and oxygen atoms in total. The van der Waals surface area contributed by atoms with E-state index in [4.69, 9.17) is 9.26 Å². The molecule has 0 aromatic carbocycles. The van der Waals surface area contributed by atoms with Crippen molar-refractivity contribution in [1.29, 1.82) is 0 Å². The van der Waals surface area contributed by atoms with E-state index >= 15 is 0 Å². The van der Waals surface area contributed by atoms with E-state index in [2.05, 4.69) is 45.0 Å². The van der Waals surface area contributed by atoms with Crippen LogP contribution in [0.4, 0.5) is 0 Å². The molecule has 1 unspecified atom stereocenters. The monoisotopic (exact) mass is 330 g/mol. The number of aromatic nitrogens is 3. The zero-order chi connectivity index (χ0) is 15.6. The first-order valence-corrected chi connectivity index (χ1v) is 8.54. The van der Waals surface area contributed by atoms with Crippen LogP contribution in [-0.4, -0.2) is 39.4 Å². The van der Waals surface area contributed by atoms with E-state index in [1.165, 1.54) is 5.69 Å². The topological polar surface area (TPSA) is 56.3 Å². The number of morpholine rings is 1. The molecule has 0 aliphatic carbocycles. The summed E-state index contributed by atoms with van der Waals surface area (Å²) in [5.41, 5.74) is 2.22. The Morgan fingerprint density at radius 3 is 3.13 bits per heavy atom. The molecular formula is C16H18N4O2S. The first-order valence-electron chi connectivity index (χ1n) is 7.59. The highest BCUT2D eigenvalue weighted by Crippen LogP contribution is 2.26. The van der Waals surface area contributed by atoms with Gasteiger partial charge in [0.25, 0.3) is 5.89 Å². The summed E-state index contributed by atoms with van der Waals surface area (Å²) in [6, 6.07) is 6.40. The van der Waals surface area contributed by atoms with Gasteiger partial charge in [0.1, 0.15) is 0 Å². The summed E-state index contributed by atoms with van der Waals surface area (Å²) in [5.74, 6) is 1.30. The maximum absolute atomic E-state index is 5.68. The second-order valence-corrected chi connectivity index (χ2v) is 6.41. The molecule has 0 spiro atoms. The fourth-order valence-corrected chi connectivity index (χ4v) is 3.55. The molecule has 4 heterocycles. The fourth-order valence-electron chi connectivity index (χ4n) is 2.92. The Balaban J connectivity index is 1.53. The minimum Gasteiger partial charge on any atom is -0.378 e. The SMILES string of the molecule is Cn1cccc1C1COCCN1Cc1noc(-c2ccsc2)n1. The number of hydrogen-bond acceptors (Lipinski definition) is 6. The molecule has 120 valence electrons. The first-order chi connectivity index (χ1) is 11.3. The number of hydrogen-bond donors (Lipinski definition) is 0. The van der Waals surface area contributed by atoms with Crippen LogP contribution >= 0.6 is 11.3 Å². The van der Waals surface area contributed by atoms with E-state index in [1.807, 2.05) is 16.8 Å². The van der Waals surface area contributed by atoms with E-state index < -0.39 is 0 Å². The normalized spacial score (nSPS) is 19.3. The van der Waals surface area contributed by atoms with Crippen molar-refractivity contribution in [1.82, 2.24) is 19.6 Å². The quantitative estimate of drug-likeness (QED) is 0.736. The number of aryl methyl sites for hydroxylation is 1. The molecule has 3 aromatic heterocycles. The van der Waals surface area contributed by atoms with Gasteiger partial charge in [0.15, 0.2) is 5.82 Å². The molecule has 3 aromatic rings. The highest BCUT2D eigenvalue weighted by Gasteiger charge is 2.27. The Morgan fingerprint density at radius 1 is 1.39 bits per heavy atom. The third-order valence-corrected chi connectivity index (χ3v) is 4.83. The average Bonchev–Trinajstić information content (AvgIpc) is 3.29. The van der Waals surface area contributed by atoms with E-state index in [-0.39, 0.29) is 6.04 Å². The molecule has 0 amide bonds. The maximum atomic E-state index is 5.68. The summed E-state index contributed by atoms with van der Waals surface area (Å²) in [5, 5.41) is 8.15. The molecule has 0 radical (unpaired) electrons. The Kier molecular flexibility index (Phi) is 3.99. The van der Waals surface area contributed by atoms with Crippen LogP contribution in [-0.2, 0) is 18.3 Å². The van der Waals surface area contributed by atoms with Crippen molar-refractivity contribution in [2.24, 2.45) is 7.05 Å². The van der Waals surface area contributed by atoms with Crippen LogP contribution in [0.1, 0.15) is 17.6 Å². The summed E-state index contributed by atoms with van der Waals surface area (Å²) in [4.78, 5) is 6.87.